The van der Waals surface area contributed by atoms with Crippen LogP contribution in [0.5, 0.6) is 5.88 Å². The monoisotopic (exact) mass is 505 g/mol. The number of benzene rings is 2. The van der Waals surface area contributed by atoms with Gasteiger partial charge in [-0.25, -0.2) is 0 Å². The van der Waals surface area contributed by atoms with Crippen LogP contribution >= 0.6 is 22.9 Å². The van der Waals surface area contributed by atoms with Gasteiger partial charge in [0.2, 0.25) is 5.88 Å². The Balaban J connectivity index is 1.65. The fourth-order valence-electron chi connectivity index (χ4n) is 3.95. The molecule has 34 heavy (non-hydrogen) atoms. The second-order valence-electron chi connectivity index (χ2n) is 7.97. The van der Waals surface area contributed by atoms with E-state index in [-0.39, 0.29) is 22.5 Å². The highest BCUT2D eigenvalue weighted by Crippen LogP contribution is 2.41. The maximum Gasteiger partial charge on any atom is 0.417 e. The van der Waals surface area contributed by atoms with Crippen molar-refractivity contribution < 1.29 is 18.3 Å². The van der Waals surface area contributed by atoms with Gasteiger partial charge in [0.25, 0.3) is 0 Å². The molecule has 6 nitrogen and oxygen atoms in total. The molecule has 0 aliphatic carbocycles. The highest BCUT2D eigenvalue weighted by atomic mass is 35.5. The number of alkyl halides is 3. The van der Waals surface area contributed by atoms with Crippen LogP contribution in [-0.4, -0.2) is 39.4 Å². The van der Waals surface area contributed by atoms with Crippen LogP contribution < -0.4 is 10.6 Å². The lowest BCUT2D eigenvalue weighted by Crippen LogP contribution is -2.21. The van der Waals surface area contributed by atoms with Crippen molar-refractivity contribution in [1.29, 1.82) is 0 Å². The van der Waals surface area contributed by atoms with Crippen LogP contribution in [0, 0.1) is 0 Å². The second-order valence-corrected chi connectivity index (χ2v) is 9.40. The molecule has 176 valence electrons. The molecule has 1 fully saturated rings. The predicted octanol–water partition coefficient (Wildman–Crippen LogP) is 5.76. The summed E-state index contributed by atoms with van der Waals surface area (Å²) < 4.78 is 41.4. The van der Waals surface area contributed by atoms with E-state index in [1.807, 2.05) is 0 Å². The van der Waals surface area contributed by atoms with Crippen molar-refractivity contribution in [1.82, 2.24) is 20.5 Å². The number of rotatable bonds is 5. The SMILES string of the molecule is Oc1nc(N[C@H]2CCNC2)sc1C(=Cc1ccc(Cl)cc1C(F)(F)F)c1ccc2[nH]ncc2c1. The van der Waals surface area contributed by atoms with Crippen molar-refractivity contribution in [2.24, 2.45) is 0 Å². The standard InChI is InChI=1S/C23H19ClF3N5OS/c24-15-3-1-13(18(9-15)23(25,26)27)8-17(12-2-4-19-14(7-12)10-29-32-19)20-21(33)31-22(34-20)30-16-5-6-28-11-16/h1-4,7-10,16,28,33H,5-6,11H2,(H,29,32)(H,30,31)/t16-/m0/s1. The molecule has 1 saturated heterocycles. The van der Waals surface area contributed by atoms with E-state index in [0.717, 1.165) is 36.5 Å². The Bertz CT molecular complexity index is 1370. The normalized spacial score (nSPS) is 16.9. The van der Waals surface area contributed by atoms with Crippen LogP contribution in [0.15, 0.2) is 42.6 Å². The molecule has 0 amide bonds. The van der Waals surface area contributed by atoms with E-state index in [9.17, 15) is 18.3 Å². The molecule has 4 aromatic rings. The molecule has 2 aromatic heterocycles. The summed E-state index contributed by atoms with van der Waals surface area (Å²) in [5.74, 6) is -0.250. The molecule has 5 rings (SSSR count). The molecule has 1 aliphatic heterocycles. The van der Waals surface area contributed by atoms with Gasteiger partial charge in [-0.3, -0.25) is 5.10 Å². The van der Waals surface area contributed by atoms with Crippen molar-refractivity contribution >= 4 is 50.6 Å². The summed E-state index contributed by atoms with van der Waals surface area (Å²) >= 11 is 7.06. The van der Waals surface area contributed by atoms with Gasteiger partial charge in [-0.1, -0.05) is 35.1 Å². The average molecular weight is 506 g/mol. The third-order valence-corrected chi connectivity index (χ3v) is 6.86. The fourth-order valence-corrected chi connectivity index (χ4v) is 5.09. The summed E-state index contributed by atoms with van der Waals surface area (Å²) in [5, 5.41) is 25.4. The lowest BCUT2D eigenvalue weighted by atomic mass is 9.98. The van der Waals surface area contributed by atoms with Crippen LogP contribution in [0.3, 0.4) is 0 Å². The number of halogens is 4. The summed E-state index contributed by atoms with van der Waals surface area (Å²) in [6, 6.07) is 9.16. The van der Waals surface area contributed by atoms with Crippen LogP contribution in [0.25, 0.3) is 22.6 Å². The molecular weight excluding hydrogens is 487 g/mol. The number of H-pyrrole nitrogens is 1. The zero-order chi connectivity index (χ0) is 23.9. The first-order valence-corrected chi connectivity index (χ1v) is 11.7. The van der Waals surface area contributed by atoms with Gasteiger partial charge in [0.1, 0.15) is 4.88 Å². The molecular formula is C23H19ClF3N5OS. The lowest BCUT2D eigenvalue weighted by molar-refractivity contribution is -0.137. The molecule has 1 atom stereocenters. The molecule has 3 heterocycles. The van der Waals surface area contributed by atoms with Crippen molar-refractivity contribution in [2.45, 2.75) is 18.6 Å². The summed E-state index contributed by atoms with van der Waals surface area (Å²) in [7, 11) is 0. The number of hydrogen-bond donors (Lipinski definition) is 4. The maximum absolute atomic E-state index is 13.8. The Morgan fingerprint density at radius 3 is 2.85 bits per heavy atom. The molecule has 0 spiro atoms. The zero-order valence-electron chi connectivity index (χ0n) is 17.6. The topological polar surface area (TPSA) is 85.9 Å². The summed E-state index contributed by atoms with van der Waals surface area (Å²) in [6.45, 7) is 1.66. The maximum atomic E-state index is 13.8. The summed E-state index contributed by atoms with van der Waals surface area (Å²) in [6.07, 6.45) is -0.648. The zero-order valence-corrected chi connectivity index (χ0v) is 19.2. The van der Waals surface area contributed by atoms with Gasteiger partial charge in [-0.05, 0) is 54.4 Å². The second kappa shape index (κ2) is 8.94. The number of nitrogens with zero attached hydrogens (tertiary/aromatic N) is 2. The number of thiazole rings is 1. The van der Waals surface area contributed by atoms with E-state index < -0.39 is 11.7 Å². The van der Waals surface area contributed by atoms with Crippen molar-refractivity contribution in [2.75, 3.05) is 18.4 Å². The van der Waals surface area contributed by atoms with Crippen molar-refractivity contribution in [3.63, 3.8) is 0 Å². The van der Waals surface area contributed by atoms with Crippen LogP contribution in [0.2, 0.25) is 5.02 Å². The Morgan fingerprint density at radius 2 is 2.09 bits per heavy atom. The van der Waals surface area contributed by atoms with Crippen molar-refractivity contribution in [3.05, 3.63) is 69.2 Å². The molecule has 1 aliphatic rings. The van der Waals surface area contributed by atoms with Gasteiger partial charge in [0.05, 0.1) is 17.3 Å². The third kappa shape index (κ3) is 4.61. The Morgan fingerprint density at radius 1 is 1.24 bits per heavy atom. The lowest BCUT2D eigenvalue weighted by Gasteiger charge is -2.13. The minimum Gasteiger partial charge on any atom is -0.492 e. The number of nitrogens with one attached hydrogen (secondary N) is 3. The Hall–Kier alpha value is -3.08. The first-order chi connectivity index (χ1) is 16.3. The van der Waals surface area contributed by atoms with Gasteiger partial charge in [0, 0.05) is 28.6 Å². The first-order valence-electron chi connectivity index (χ1n) is 10.5. The molecule has 0 saturated carbocycles. The van der Waals surface area contributed by atoms with E-state index >= 15 is 0 Å². The van der Waals surface area contributed by atoms with E-state index in [0.29, 0.717) is 21.1 Å². The third-order valence-electron chi connectivity index (χ3n) is 5.61. The summed E-state index contributed by atoms with van der Waals surface area (Å²) in [5.41, 5.74) is 0.881. The molecule has 0 radical (unpaired) electrons. The number of fused-ring (bicyclic) bond motifs is 1. The van der Waals surface area contributed by atoms with Crippen molar-refractivity contribution in [3.8, 4) is 5.88 Å². The van der Waals surface area contributed by atoms with Gasteiger partial charge < -0.3 is 15.7 Å². The minimum absolute atomic E-state index is 0.0110. The van der Waals surface area contributed by atoms with E-state index in [1.165, 1.54) is 29.5 Å². The fraction of sp³-hybridized carbons (Fsp3) is 0.217. The molecule has 11 heteroatoms. The number of hydrogen-bond acceptors (Lipinski definition) is 6. The number of anilines is 1. The van der Waals surface area contributed by atoms with Crippen LogP contribution in [-0.2, 0) is 6.18 Å². The molecule has 2 aromatic carbocycles. The van der Waals surface area contributed by atoms with Crippen LogP contribution in [0.1, 0.15) is 28.0 Å². The quantitative estimate of drug-likeness (QED) is 0.259. The highest BCUT2D eigenvalue weighted by Gasteiger charge is 2.33. The van der Waals surface area contributed by atoms with E-state index in [2.05, 4.69) is 25.8 Å². The molecule has 4 N–H and O–H groups in total. The minimum atomic E-state index is -4.60. The predicted molar refractivity (Wildman–Crippen MR) is 128 cm³/mol. The Kier molecular flexibility index (Phi) is 5.97. The first kappa shape index (κ1) is 22.7. The van der Waals surface area contributed by atoms with Crippen LogP contribution in [0.4, 0.5) is 18.3 Å². The van der Waals surface area contributed by atoms with E-state index in [1.54, 1.807) is 24.4 Å². The number of aromatic hydroxyl groups is 1. The van der Waals surface area contributed by atoms with E-state index in [4.69, 9.17) is 11.6 Å². The number of aromatic nitrogens is 3. The van der Waals surface area contributed by atoms with Gasteiger partial charge in [-0.15, -0.1) is 0 Å². The summed E-state index contributed by atoms with van der Waals surface area (Å²) in [4.78, 5) is 4.59. The van der Waals surface area contributed by atoms with Gasteiger partial charge in [0.15, 0.2) is 5.13 Å². The van der Waals surface area contributed by atoms with Gasteiger partial charge >= 0.3 is 6.18 Å². The largest absolute Gasteiger partial charge is 0.492 e. The molecule has 0 bridgehead atoms. The smallest absolute Gasteiger partial charge is 0.417 e. The average Bonchev–Trinajstić information content (AvgIpc) is 3.53. The number of aromatic amines is 1. The Labute approximate surface area is 201 Å². The van der Waals surface area contributed by atoms with Gasteiger partial charge in [-0.2, -0.15) is 23.3 Å². The molecule has 0 unspecified atom stereocenters. The highest BCUT2D eigenvalue weighted by molar-refractivity contribution is 7.17.